The maximum absolute atomic E-state index is 12.4. The average Bonchev–Trinajstić information content (AvgIpc) is 2.73. The van der Waals surface area contributed by atoms with Crippen LogP contribution in [0, 0.1) is 0 Å². The number of carbonyl (C=O) groups excluding carboxylic acids is 2. The van der Waals surface area contributed by atoms with Crippen LogP contribution < -0.4 is 25.2 Å². The fourth-order valence-electron chi connectivity index (χ4n) is 2.67. The average molecular weight is 407 g/mol. The Labute approximate surface area is 167 Å². The zero-order valence-electron chi connectivity index (χ0n) is 16.4. The van der Waals surface area contributed by atoms with Crippen LogP contribution in [0.2, 0.25) is 0 Å². The van der Waals surface area contributed by atoms with Gasteiger partial charge in [0.15, 0.2) is 11.5 Å². The standard InChI is InChI=1S/C20H23F2N3O4/c1-4-25(5-2)15-9-6-13(7-10-15)18(26)23-24-19(27)14-8-11-16(29-20(21)22)17(12-14)28-3/h6-12,20H,4-5H2,1-3H3,(H,23,26)(H,24,27). The molecule has 29 heavy (non-hydrogen) atoms. The summed E-state index contributed by atoms with van der Waals surface area (Å²) >= 11 is 0. The molecule has 0 aromatic heterocycles. The molecule has 0 radical (unpaired) electrons. The van der Waals surface area contributed by atoms with Crippen LogP contribution in [0.4, 0.5) is 14.5 Å². The van der Waals surface area contributed by atoms with Crippen LogP contribution in [0.5, 0.6) is 11.5 Å². The summed E-state index contributed by atoms with van der Waals surface area (Å²) in [5.41, 5.74) is 6.06. The molecule has 0 saturated heterocycles. The lowest BCUT2D eigenvalue weighted by Gasteiger charge is -2.21. The van der Waals surface area contributed by atoms with E-state index in [0.29, 0.717) is 5.56 Å². The Morgan fingerprint density at radius 3 is 2.00 bits per heavy atom. The molecule has 0 spiro atoms. The van der Waals surface area contributed by atoms with E-state index >= 15 is 0 Å². The predicted octanol–water partition coefficient (Wildman–Crippen LogP) is 3.22. The van der Waals surface area contributed by atoms with Crippen LogP contribution in [0.3, 0.4) is 0 Å². The van der Waals surface area contributed by atoms with E-state index < -0.39 is 18.4 Å². The summed E-state index contributed by atoms with van der Waals surface area (Å²) in [6.07, 6.45) is 0. The zero-order chi connectivity index (χ0) is 21.4. The predicted molar refractivity (Wildman–Crippen MR) is 105 cm³/mol. The number of ether oxygens (including phenoxy) is 2. The Hall–Kier alpha value is -3.36. The summed E-state index contributed by atoms with van der Waals surface area (Å²) in [6.45, 7) is 2.77. The van der Waals surface area contributed by atoms with Crippen molar-refractivity contribution in [1.82, 2.24) is 10.9 Å². The van der Waals surface area contributed by atoms with Gasteiger partial charge in [-0.25, -0.2) is 0 Å². The number of carbonyl (C=O) groups is 2. The minimum atomic E-state index is -3.02. The Balaban J connectivity index is 2.00. The molecular formula is C20H23F2N3O4. The quantitative estimate of drug-likeness (QED) is 0.657. The first-order valence-corrected chi connectivity index (χ1v) is 8.98. The Morgan fingerprint density at radius 2 is 1.48 bits per heavy atom. The molecule has 0 aliphatic rings. The minimum Gasteiger partial charge on any atom is -0.493 e. The zero-order valence-corrected chi connectivity index (χ0v) is 16.4. The summed E-state index contributed by atoms with van der Waals surface area (Å²) in [5, 5.41) is 0. The highest BCUT2D eigenvalue weighted by atomic mass is 19.3. The molecule has 0 fully saturated rings. The fraction of sp³-hybridized carbons (Fsp3) is 0.300. The number of methoxy groups -OCH3 is 1. The van der Waals surface area contributed by atoms with Gasteiger partial charge in [-0.3, -0.25) is 20.4 Å². The molecule has 156 valence electrons. The second-order valence-electron chi connectivity index (χ2n) is 5.87. The van der Waals surface area contributed by atoms with E-state index in [1.54, 1.807) is 12.1 Å². The van der Waals surface area contributed by atoms with Crippen LogP contribution in [-0.2, 0) is 0 Å². The molecule has 2 rings (SSSR count). The van der Waals surface area contributed by atoms with Crippen molar-refractivity contribution < 1.29 is 27.8 Å². The number of halogens is 2. The summed E-state index contributed by atoms with van der Waals surface area (Å²) in [5.74, 6) is -1.36. The number of nitrogens with one attached hydrogen (secondary N) is 2. The number of amides is 2. The van der Waals surface area contributed by atoms with E-state index in [4.69, 9.17) is 4.74 Å². The van der Waals surface area contributed by atoms with E-state index in [2.05, 4.69) is 20.5 Å². The molecular weight excluding hydrogens is 384 g/mol. The van der Waals surface area contributed by atoms with Gasteiger partial charge in [0.1, 0.15) is 0 Å². The molecule has 0 aliphatic heterocycles. The van der Waals surface area contributed by atoms with E-state index in [1.165, 1.54) is 25.3 Å². The van der Waals surface area contributed by atoms with Crippen molar-refractivity contribution in [1.29, 1.82) is 0 Å². The molecule has 0 saturated carbocycles. The Bertz CT molecular complexity index is 840. The van der Waals surface area contributed by atoms with Crippen molar-refractivity contribution in [3.8, 4) is 11.5 Å². The van der Waals surface area contributed by atoms with Gasteiger partial charge in [0.05, 0.1) is 7.11 Å². The van der Waals surface area contributed by atoms with Gasteiger partial charge in [-0.15, -0.1) is 0 Å². The highest BCUT2D eigenvalue weighted by molar-refractivity contribution is 5.99. The van der Waals surface area contributed by atoms with Crippen LogP contribution in [0.1, 0.15) is 34.6 Å². The third-order valence-electron chi connectivity index (χ3n) is 4.19. The summed E-state index contributed by atoms with van der Waals surface area (Å²) in [7, 11) is 1.26. The molecule has 0 bridgehead atoms. The molecule has 2 N–H and O–H groups in total. The molecule has 7 nitrogen and oxygen atoms in total. The largest absolute Gasteiger partial charge is 0.493 e. The van der Waals surface area contributed by atoms with Crippen LogP contribution in [0.25, 0.3) is 0 Å². The Morgan fingerprint density at radius 1 is 0.931 bits per heavy atom. The van der Waals surface area contributed by atoms with Gasteiger partial charge in [-0.2, -0.15) is 8.78 Å². The molecule has 0 unspecified atom stereocenters. The SMILES string of the molecule is CCN(CC)c1ccc(C(=O)NNC(=O)c2ccc(OC(F)F)c(OC)c2)cc1. The molecule has 2 aromatic carbocycles. The van der Waals surface area contributed by atoms with E-state index in [-0.39, 0.29) is 17.1 Å². The monoisotopic (exact) mass is 407 g/mol. The number of hydrazine groups is 1. The van der Waals surface area contributed by atoms with Gasteiger partial charge in [0, 0.05) is 29.9 Å². The van der Waals surface area contributed by atoms with E-state index in [9.17, 15) is 18.4 Å². The first kappa shape index (κ1) is 21.9. The normalized spacial score (nSPS) is 10.4. The van der Waals surface area contributed by atoms with Gasteiger partial charge in [-0.05, 0) is 56.3 Å². The third kappa shape index (κ3) is 5.81. The summed E-state index contributed by atoms with van der Waals surface area (Å²) in [4.78, 5) is 26.6. The maximum Gasteiger partial charge on any atom is 0.387 e. The van der Waals surface area contributed by atoms with Crippen LogP contribution in [0.15, 0.2) is 42.5 Å². The van der Waals surface area contributed by atoms with Crippen molar-refractivity contribution in [2.45, 2.75) is 20.5 Å². The highest BCUT2D eigenvalue weighted by Crippen LogP contribution is 2.29. The molecule has 0 heterocycles. The number of hydrogen-bond acceptors (Lipinski definition) is 5. The summed E-state index contributed by atoms with van der Waals surface area (Å²) < 4.78 is 34.0. The van der Waals surface area contributed by atoms with Gasteiger partial charge < -0.3 is 14.4 Å². The second kappa shape index (κ2) is 10.3. The minimum absolute atomic E-state index is 0.0312. The van der Waals surface area contributed by atoms with E-state index in [1.807, 2.05) is 26.0 Å². The van der Waals surface area contributed by atoms with Gasteiger partial charge in [0.25, 0.3) is 11.8 Å². The highest BCUT2D eigenvalue weighted by Gasteiger charge is 2.15. The molecule has 2 amide bonds. The van der Waals surface area contributed by atoms with Crippen LogP contribution >= 0.6 is 0 Å². The van der Waals surface area contributed by atoms with Gasteiger partial charge in [0.2, 0.25) is 0 Å². The van der Waals surface area contributed by atoms with Crippen molar-refractivity contribution >= 4 is 17.5 Å². The lowest BCUT2D eigenvalue weighted by atomic mass is 10.2. The van der Waals surface area contributed by atoms with E-state index in [0.717, 1.165) is 18.8 Å². The van der Waals surface area contributed by atoms with Gasteiger partial charge in [-0.1, -0.05) is 0 Å². The van der Waals surface area contributed by atoms with Crippen molar-refractivity contribution in [3.63, 3.8) is 0 Å². The first-order valence-electron chi connectivity index (χ1n) is 8.98. The van der Waals surface area contributed by atoms with Crippen molar-refractivity contribution in [3.05, 3.63) is 53.6 Å². The molecule has 9 heteroatoms. The molecule has 0 aliphatic carbocycles. The molecule has 2 aromatic rings. The number of rotatable bonds is 8. The smallest absolute Gasteiger partial charge is 0.387 e. The summed E-state index contributed by atoms with van der Waals surface area (Å²) in [6, 6.07) is 10.7. The topological polar surface area (TPSA) is 79.9 Å². The lowest BCUT2D eigenvalue weighted by molar-refractivity contribution is -0.0512. The number of benzene rings is 2. The fourth-order valence-corrected chi connectivity index (χ4v) is 2.67. The lowest BCUT2D eigenvalue weighted by Crippen LogP contribution is -2.41. The maximum atomic E-state index is 12.4. The van der Waals surface area contributed by atoms with Crippen molar-refractivity contribution in [2.75, 3.05) is 25.1 Å². The number of hydrogen-bond donors (Lipinski definition) is 2. The van der Waals surface area contributed by atoms with Crippen LogP contribution in [-0.4, -0.2) is 38.6 Å². The first-order chi connectivity index (χ1) is 13.9. The second-order valence-corrected chi connectivity index (χ2v) is 5.87. The number of nitrogens with zero attached hydrogens (tertiary/aromatic N) is 1. The third-order valence-corrected chi connectivity index (χ3v) is 4.19. The van der Waals surface area contributed by atoms with Gasteiger partial charge >= 0.3 is 6.61 Å². The number of anilines is 1. The molecule has 0 atom stereocenters. The number of alkyl halides is 2. The Kier molecular flexibility index (Phi) is 7.76. The van der Waals surface area contributed by atoms with Crippen molar-refractivity contribution in [2.24, 2.45) is 0 Å².